The number of H-pyrrole nitrogens is 1. The van der Waals surface area contributed by atoms with Gasteiger partial charge in [-0.2, -0.15) is 13.2 Å². The summed E-state index contributed by atoms with van der Waals surface area (Å²) in [6.07, 6.45) is 3.09. The molecule has 0 spiro atoms. The van der Waals surface area contributed by atoms with Crippen LogP contribution in [0.5, 0.6) is 0 Å². The summed E-state index contributed by atoms with van der Waals surface area (Å²) in [6, 6.07) is 0. The molecule has 0 aliphatic heterocycles. The van der Waals surface area contributed by atoms with Gasteiger partial charge < -0.3 is 4.98 Å². The first kappa shape index (κ1) is 11.5. The molecule has 2 rings (SSSR count). The number of halogens is 3. The molecule has 2 nitrogen and oxygen atoms in total. The summed E-state index contributed by atoms with van der Waals surface area (Å²) in [6.45, 7) is 0. The number of hydrogen-bond acceptors (Lipinski definition) is 1. The molecule has 1 aliphatic carbocycles. The molecule has 0 bridgehead atoms. The standard InChI is InChI=1S/C11H15F3N2/c12-11(13,14)9-7-15-10(16-9)6-8-4-2-1-3-5-8/h7-8H,1-6H2,(H,15,16). The van der Waals surface area contributed by atoms with E-state index in [-0.39, 0.29) is 0 Å². The van der Waals surface area contributed by atoms with Gasteiger partial charge in [-0.25, -0.2) is 4.98 Å². The van der Waals surface area contributed by atoms with Gasteiger partial charge in [0.25, 0.3) is 0 Å². The second-order valence-corrected chi connectivity index (χ2v) is 4.45. The van der Waals surface area contributed by atoms with Gasteiger partial charge >= 0.3 is 6.18 Å². The molecule has 0 atom stereocenters. The Balaban J connectivity index is 1.97. The van der Waals surface area contributed by atoms with E-state index in [9.17, 15) is 13.2 Å². The Morgan fingerprint density at radius 3 is 2.50 bits per heavy atom. The lowest BCUT2D eigenvalue weighted by molar-refractivity contribution is -0.140. The highest BCUT2D eigenvalue weighted by Gasteiger charge is 2.33. The van der Waals surface area contributed by atoms with Crippen molar-refractivity contribution < 1.29 is 13.2 Å². The van der Waals surface area contributed by atoms with Gasteiger partial charge in [0, 0.05) is 6.42 Å². The van der Waals surface area contributed by atoms with Gasteiger partial charge in [0.05, 0.1) is 6.20 Å². The second-order valence-electron chi connectivity index (χ2n) is 4.45. The van der Waals surface area contributed by atoms with Gasteiger partial charge in [-0.15, -0.1) is 0 Å². The first-order chi connectivity index (χ1) is 7.55. The van der Waals surface area contributed by atoms with E-state index in [4.69, 9.17) is 0 Å². The highest BCUT2D eigenvalue weighted by molar-refractivity contribution is 5.05. The molecule has 0 unspecified atom stereocenters. The van der Waals surface area contributed by atoms with Crippen molar-refractivity contribution in [1.82, 2.24) is 9.97 Å². The zero-order chi connectivity index (χ0) is 11.6. The van der Waals surface area contributed by atoms with E-state index >= 15 is 0 Å². The number of nitrogens with one attached hydrogen (secondary N) is 1. The van der Waals surface area contributed by atoms with Crippen LogP contribution in [0, 0.1) is 5.92 Å². The molecule has 0 amide bonds. The van der Waals surface area contributed by atoms with Crippen LogP contribution in [0.1, 0.15) is 43.6 Å². The zero-order valence-electron chi connectivity index (χ0n) is 8.98. The van der Waals surface area contributed by atoms with Crippen molar-refractivity contribution >= 4 is 0 Å². The van der Waals surface area contributed by atoms with Gasteiger partial charge in [0.1, 0.15) is 11.5 Å². The molecule has 5 heteroatoms. The van der Waals surface area contributed by atoms with E-state index in [1.807, 2.05) is 0 Å². The van der Waals surface area contributed by atoms with Crippen LogP contribution in [0.15, 0.2) is 6.20 Å². The van der Waals surface area contributed by atoms with Crippen LogP contribution >= 0.6 is 0 Å². The first-order valence-electron chi connectivity index (χ1n) is 5.67. The molecule has 1 saturated carbocycles. The summed E-state index contributed by atoms with van der Waals surface area (Å²) in [5.41, 5.74) is -0.738. The van der Waals surface area contributed by atoms with Crippen molar-refractivity contribution in [3.63, 3.8) is 0 Å². The van der Waals surface area contributed by atoms with Crippen molar-refractivity contribution in [2.75, 3.05) is 0 Å². The fourth-order valence-electron chi connectivity index (χ4n) is 2.27. The molecular formula is C11H15F3N2. The van der Waals surface area contributed by atoms with Crippen LogP contribution in [-0.2, 0) is 12.6 Å². The summed E-state index contributed by atoms with van der Waals surface area (Å²) < 4.78 is 36.9. The minimum absolute atomic E-state index is 0.472. The topological polar surface area (TPSA) is 28.7 Å². The fraction of sp³-hybridized carbons (Fsp3) is 0.727. The maximum absolute atomic E-state index is 12.3. The molecule has 1 aromatic heterocycles. The van der Waals surface area contributed by atoms with E-state index in [1.54, 1.807) is 0 Å². The van der Waals surface area contributed by atoms with Gasteiger partial charge in [0.15, 0.2) is 0 Å². The van der Waals surface area contributed by atoms with E-state index in [0.717, 1.165) is 19.0 Å². The number of hydrogen-bond donors (Lipinski definition) is 1. The van der Waals surface area contributed by atoms with Gasteiger partial charge in [-0.1, -0.05) is 32.1 Å². The maximum Gasteiger partial charge on any atom is 0.432 e. The van der Waals surface area contributed by atoms with Crippen LogP contribution in [0.2, 0.25) is 0 Å². The number of aromatic nitrogens is 2. The Labute approximate surface area is 92.3 Å². The molecular weight excluding hydrogens is 217 g/mol. The fourth-order valence-corrected chi connectivity index (χ4v) is 2.27. The lowest BCUT2D eigenvalue weighted by Gasteiger charge is -2.20. The minimum atomic E-state index is -4.31. The molecule has 0 radical (unpaired) electrons. The van der Waals surface area contributed by atoms with Crippen LogP contribution in [0.3, 0.4) is 0 Å². The number of nitrogens with zero attached hydrogens (tertiary/aromatic N) is 1. The molecule has 16 heavy (non-hydrogen) atoms. The average molecular weight is 232 g/mol. The summed E-state index contributed by atoms with van der Waals surface area (Å²) >= 11 is 0. The van der Waals surface area contributed by atoms with Crippen molar-refractivity contribution in [2.45, 2.75) is 44.7 Å². The monoisotopic (exact) mass is 232 g/mol. The van der Waals surface area contributed by atoms with Crippen LogP contribution in [0.25, 0.3) is 0 Å². The van der Waals surface area contributed by atoms with Crippen LogP contribution in [0.4, 0.5) is 13.2 Å². The van der Waals surface area contributed by atoms with E-state index in [1.165, 1.54) is 19.3 Å². The Bertz CT molecular complexity index is 337. The smallest absolute Gasteiger partial charge is 0.338 e. The van der Waals surface area contributed by atoms with Crippen LogP contribution in [-0.4, -0.2) is 9.97 Å². The number of rotatable bonds is 2. The normalized spacial score (nSPS) is 18.9. The predicted molar refractivity (Wildman–Crippen MR) is 53.9 cm³/mol. The summed E-state index contributed by atoms with van der Waals surface area (Å²) in [4.78, 5) is 6.17. The Kier molecular flexibility index (Phi) is 3.21. The highest BCUT2D eigenvalue weighted by Crippen LogP contribution is 2.29. The van der Waals surface area contributed by atoms with Crippen molar-refractivity contribution in [2.24, 2.45) is 5.92 Å². The Hall–Kier alpha value is -1.00. The lowest BCUT2D eigenvalue weighted by Crippen LogP contribution is -2.11. The third-order valence-electron chi connectivity index (χ3n) is 3.14. The van der Waals surface area contributed by atoms with Crippen molar-refractivity contribution in [3.8, 4) is 0 Å². The molecule has 1 aromatic rings. The zero-order valence-corrected chi connectivity index (χ0v) is 8.98. The Morgan fingerprint density at radius 2 is 1.94 bits per heavy atom. The SMILES string of the molecule is FC(F)(F)c1cnc(CC2CCCCC2)[nH]1. The molecule has 1 N–H and O–H groups in total. The number of alkyl halides is 3. The van der Waals surface area contributed by atoms with Gasteiger partial charge in [0.2, 0.25) is 0 Å². The van der Waals surface area contributed by atoms with Crippen molar-refractivity contribution in [1.29, 1.82) is 0 Å². The van der Waals surface area contributed by atoms with Gasteiger partial charge in [-0.3, -0.25) is 0 Å². The molecule has 1 heterocycles. The first-order valence-corrected chi connectivity index (χ1v) is 5.67. The van der Waals surface area contributed by atoms with Crippen LogP contribution < -0.4 is 0 Å². The van der Waals surface area contributed by atoms with Crippen molar-refractivity contribution in [3.05, 3.63) is 17.7 Å². The maximum atomic E-state index is 12.3. The minimum Gasteiger partial charge on any atom is -0.338 e. The van der Waals surface area contributed by atoms with Gasteiger partial charge in [-0.05, 0) is 5.92 Å². The van der Waals surface area contributed by atoms with E-state index in [2.05, 4.69) is 9.97 Å². The second kappa shape index (κ2) is 4.47. The van der Waals surface area contributed by atoms with E-state index in [0.29, 0.717) is 18.2 Å². The number of aromatic amines is 1. The summed E-state index contributed by atoms with van der Waals surface area (Å²) in [7, 11) is 0. The van der Waals surface area contributed by atoms with E-state index < -0.39 is 11.9 Å². The quantitative estimate of drug-likeness (QED) is 0.829. The largest absolute Gasteiger partial charge is 0.432 e. The lowest BCUT2D eigenvalue weighted by atomic mass is 9.87. The third-order valence-corrected chi connectivity index (χ3v) is 3.14. The number of imidazole rings is 1. The molecule has 0 saturated heterocycles. The average Bonchev–Trinajstić information content (AvgIpc) is 2.67. The third kappa shape index (κ3) is 2.77. The molecule has 90 valence electrons. The highest BCUT2D eigenvalue weighted by atomic mass is 19.4. The molecule has 1 fully saturated rings. The predicted octanol–water partition coefficient (Wildman–Crippen LogP) is 3.55. The molecule has 1 aliphatic rings. The Morgan fingerprint density at radius 1 is 1.25 bits per heavy atom. The summed E-state index contributed by atoms with van der Waals surface area (Å²) in [5.74, 6) is 0.972. The summed E-state index contributed by atoms with van der Waals surface area (Å²) in [5, 5.41) is 0. The molecule has 0 aromatic carbocycles.